The molecule has 0 aromatic carbocycles. The molecule has 0 atom stereocenters. The van der Waals surface area contributed by atoms with E-state index < -0.39 is 0 Å². The van der Waals surface area contributed by atoms with Crippen molar-refractivity contribution in [1.29, 1.82) is 0 Å². The summed E-state index contributed by atoms with van der Waals surface area (Å²) >= 11 is 0. The Morgan fingerprint density at radius 3 is 2.60 bits per heavy atom. The molecule has 2 aliphatic heterocycles. The minimum absolute atomic E-state index is 0.262. The number of piperidine rings is 1. The molecular formula is C16H23N3O. The first-order valence-corrected chi connectivity index (χ1v) is 7.73. The lowest BCUT2D eigenvalue weighted by molar-refractivity contribution is -0.136. The van der Waals surface area contributed by atoms with Crippen LogP contribution in [0.4, 0.5) is 0 Å². The van der Waals surface area contributed by atoms with E-state index in [1.54, 1.807) is 0 Å². The van der Waals surface area contributed by atoms with E-state index in [9.17, 15) is 4.79 Å². The van der Waals surface area contributed by atoms with E-state index in [4.69, 9.17) is 0 Å². The molecule has 0 spiro atoms. The fourth-order valence-electron chi connectivity index (χ4n) is 3.28. The molecular weight excluding hydrogens is 250 g/mol. The molecule has 4 nitrogen and oxygen atoms in total. The van der Waals surface area contributed by atoms with Gasteiger partial charge in [0.15, 0.2) is 0 Å². The number of hydrogen-bond donors (Lipinski definition) is 0. The molecule has 3 heterocycles. The van der Waals surface area contributed by atoms with Crippen molar-refractivity contribution in [3.8, 4) is 0 Å². The number of carbonyl (C=O) groups is 1. The molecule has 1 amide bonds. The maximum atomic E-state index is 12.4. The van der Waals surface area contributed by atoms with E-state index in [2.05, 4.69) is 20.9 Å². The van der Waals surface area contributed by atoms with Crippen LogP contribution in [0.15, 0.2) is 24.5 Å². The maximum absolute atomic E-state index is 12.4. The van der Waals surface area contributed by atoms with Crippen molar-refractivity contribution in [1.82, 2.24) is 14.8 Å². The third-order valence-electron chi connectivity index (χ3n) is 4.48. The number of carbonyl (C=O) groups excluding carboxylic acids is 1. The average Bonchev–Trinajstić information content (AvgIpc) is 3.03. The first-order chi connectivity index (χ1) is 9.83. The third kappa shape index (κ3) is 3.18. The van der Waals surface area contributed by atoms with Crippen molar-refractivity contribution < 1.29 is 4.79 Å². The number of aromatic nitrogens is 1. The van der Waals surface area contributed by atoms with Crippen LogP contribution < -0.4 is 0 Å². The highest BCUT2D eigenvalue weighted by Gasteiger charge is 2.29. The van der Waals surface area contributed by atoms with Crippen LogP contribution in [-0.2, 0) is 11.3 Å². The van der Waals surface area contributed by atoms with Crippen LogP contribution in [0.25, 0.3) is 0 Å². The predicted octanol–water partition coefficient (Wildman–Crippen LogP) is 1.92. The number of hydrogen-bond acceptors (Lipinski definition) is 3. The average molecular weight is 273 g/mol. The summed E-state index contributed by atoms with van der Waals surface area (Å²) in [7, 11) is 0. The van der Waals surface area contributed by atoms with E-state index in [0.717, 1.165) is 45.6 Å². The highest BCUT2D eigenvalue weighted by atomic mass is 16.2. The molecule has 0 bridgehead atoms. The van der Waals surface area contributed by atoms with Gasteiger partial charge in [0.1, 0.15) is 0 Å². The fraction of sp³-hybridized carbons (Fsp3) is 0.625. The Morgan fingerprint density at radius 2 is 1.95 bits per heavy atom. The van der Waals surface area contributed by atoms with Crippen molar-refractivity contribution in [3.63, 3.8) is 0 Å². The fourth-order valence-corrected chi connectivity index (χ4v) is 3.28. The van der Waals surface area contributed by atoms with E-state index in [0.29, 0.717) is 5.91 Å². The van der Waals surface area contributed by atoms with Gasteiger partial charge in [-0.25, -0.2) is 0 Å². The van der Waals surface area contributed by atoms with Crippen LogP contribution in [0.3, 0.4) is 0 Å². The lowest BCUT2D eigenvalue weighted by atomic mass is 9.95. The Balaban J connectivity index is 1.48. The number of likely N-dealkylation sites (tertiary alicyclic amines) is 2. The first kappa shape index (κ1) is 13.6. The third-order valence-corrected chi connectivity index (χ3v) is 4.48. The second-order valence-corrected chi connectivity index (χ2v) is 5.94. The Kier molecular flexibility index (Phi) is 4.31. The molecule has 0 N–H and O–H groups in total. The molecule has 0 unspecified atom stereocenters. The molecule has 108 valence electrons. The highest BCUT2D eigenvalue weighted by Crippen LogP contribution is 2.22. The largest absolute Gasteiger partial charge is 0.342 e. The monoisotopic (exact) mass is 273 g/mol. The van der Waals surface area contributed by atoms with Crippen molar-refractivity contribution in [2.75, 3.05) is 26.2 Å². The van der Waals surface area contributed by atoms with Crippen LogP contribution in [-0.4, -0.2) is 46.9 Å². The quantitative estimate of drug-likeness (QED) is 0.844. The summed E-state index contributed by atoms with van der Waals surface area (Å²) in [5, 5.41) is 0. The first-order valence-electron chi connectivity index (χ1n) is 7.73. The van der Waals surface area contributed by atoms with Crippen molar-refractivity contribution in [2.45, 2.75) is 32.2 Å². The second-order valence-electron chi connectivity index (χ2n) is 5.94. The van der Waals surface area contributed by atoms with Gasteiger partial charge in [0.25, 0.3) is 0 Å². The van der Waals surface area contributed by atoms with Crippen LogP contribution in [0, 0.1) is 5.92 Å². The van der Waals surface area contributed by atoms with E-state index in [-0.39, 0.29) is 5.92 Å². The Bertz CT molecular complexity index is 434. The topological polar surface area (TPSA) is 36.4 Å². The molecule has 1 aromatic rings. The zero-order chi connectivity index (χ0) is 13.8. The molecule has 0 aliphatic carbocycles. The number of pyridine rings is 1. The minimum atomic E-state index is 0.262. The zero-order valence-electron chi connectivity index (χ0n) is 12.0. The molecule has 1 aromatic heterocycles. The Labute approximate surface area is 120 Å². The summed E-state index contributed by atoms with van der Waals surface area (Å²) in [5.74, 6) is 0.668. The summed E-state index contributed by atoms with van der Waals surface area (Å²) in [6.07, 6.45) is 8.13. The Hall–Kier alpha value is -1.42. The molecule has 3 rings (SSSR count). The van der Waals surface area contributed by atoms with Crippen LogP contribution in [0.5, 0.6) is 0 Å². The van der Waals surface area contributed by atoms with E-state index in [1.807, 2.05) is 18.5 Å². The second kappa shape index (κ2) is 6.35. The van der Waals surface area contributed by atoms with Gasteiger partial charge in [-0.3, -0.25) is 14.7 Å². The van der Waals surface area contributed by atoms with Gasteiger partial charge in [0.05, 0.1) is 0 Å². The molecule has 2 saturated heterocycles. The molecule has 0 radical (unpaired) electrons. The lowest BCUT2D eigenvalue weighted by Gasteiger charge is -2.33. The zero-order valence-corrected chi connectivity index (χ0v) is 12.0. The van der Waals surface area contributed by atoms with Crippen LogP contribution >= 0.6 is 0 Å². The number of nitrogens with zero attached hydrogens (tertiary/aromatic N) is 3. The standard InChI is InChI=1S/C16H23N3O/c20-16(19-8-1-2-9-19)15-5-10-18(11-6-15)13-14-4-3-7-17-12-14/h3-4,7,12,15H,1-2,5-6,8-11,13H2. The van der Waals surface area contributed by atoms with E-state index >= 15 is 0 Å². The highest BCUT2D eigenvalue weighted by molar-refractivity contribution is 5.79. The molecule has 4 heteroatoms. The normalized spacial score (nSPS) is 21.3. The van der Waals surface area contributed by atoms with Gasteiger partial charge in [-0.15, -0.1) is 0 Å². The molecule has 2 fully saturated rings. The molecule has 2 aliphatic rings. The smallest absolute Gasteiger partial charge is 0.225 e. The SMILES string of the molecule is O=C(C1CCN(Cc2cccnc2)CC1)N1CCCC1. The van der Waals surface area contributed by atoms with E-state index in [1.165, 1.54) is 18.4 Å². The summed E-state index contributed by atoms with van der Waals surface area (Å²) in [4.78, 5) is 21.0. The summed E-state index contributed by atoms with van der Waals surface area (Å²) in [6, 6.07) is 4.10. The number of rotatable bonds is 3. The van der Waals surface area contributed by atoms with Gasteiger partial charge in [0.2, 0.25) is 5.91 Å². The van der Waals surface area contributed by atoms with Crippen LogP contribution in [0.2, 0.25) is 0 Å². The van der Waals surface area contributed by atoms with Crippen molar-refractivity contribution in [3.05, 3.63) is 30.1 Å². The van der Waals surface area contributed by atoms with Crippen molar-refractivity contribution >= 4 is 5.91 Å². The van der Waals surface area contributed by atoms with Crippen LogP contribution in [0.1, 0.15) is 31.2 Å². The predicted molar refractivity (Wildman–Crippen MR) is 78.1 cm³/mol. The Morgan fingerprint density at radius 1 is 1.20 bits per heavy atom. The van der Waals surface area contributed by atoms with Gasteiger partial charge in [-0.1, -0.05) is 6.07 Å². The van der Waals surface area contributed by atoms with Gasteiger partial charge in [-0.05, 0) is 50.4 Å². The molecule has 20 heavy (non-hydrogen) atoms. The van der Waals surface area contributed by atoms with Gasteiger partial charge >= 0.3 is 0 Å². The van der Waals surface area contributed by atoms with Gasteiger partial charge in [-0.2, -0.15) is 0 Å². The van der Waals surface area contributed by atoms with Gasteiger partial charge < -0.3 is 4.90 Å². The summed E-state index contributed by atoms with van der Waals surface area (Å²) in [5.41, 5.74) is 1.26. The minimum Gasteiger partial charge on any atom is -0.342 e. The van der Waals surface area contributed by atoms with Crippen molar-refractivity contribution in [2.24, 2.45) is 5.92 Å². The number of amides is 1. The maximum Gasteiger partial charge on any atom is 0.225 e. The summed E-state index contributed by atoms with van der Waals surface area (Å²) in [6.45, 7) is 4.97. The lowest BCUT2D eigenvalue weighted by Crippen LogP contribution is -2.41. The summed E-state index contributed by atoms with van der Waals surface area (Å²) < 4.78 is 0. The molecule has 0 saturated carbocycles. The van der Waals surface area contributed by atoms with Gasteiger partial charge in [0, 0.05) is 37.9 Å².